The number of hydrogen-bond donors (Lipinski definition) is 2. The fourth-order valence-corrected chi connectivity index (χ4v) is 3.26. The summed E-state index contributed by atoms with van der Waals surface area (Å²) in [7, 11) is 1.57. The van der Waals surface area contributed by atoms with Crippen LogP contribution in [0.4, 0.5) is 33.3 Å². The van der Waals surface area contributed by atoms with Gasteiger partial charge in [0.05, 0.1) is 39.0 Å². The van der Waals surface area contributed by atoms with Crippen molar-refractivity contribution < 1.29 is 36.4 Å². The summed E-state index contributed by atoms with van der Waals surface area (Å²) in [5, 5.41) is 1.81. The molecule has 0 radical (unpaired) electrons. The van der Waals surface area contributed by atoms with E-state index in [1.807, 2.05) is 24.3 Å². The monoisotopic (exact) mass is 416 g/mol. The van der Waals surface area contributed by atoms with Gasteiger partial charge in [-0.25, -0.2) is 22.0 Å². The number of carbonyl (C=O) groups is 1. The van der Waals surface area contributed by atoms with Gasteiger partial charge in [-0.1, -0.05) is 12.1 Å². The lowest BCUT2D eigenvalue weighted by Gasteiger charge is -2.34. The van der Waals surface area contributed by atoms with E-state index in [4.69, 9.17) is 4.74 Å². The van der Waals surface area contributed by atoms with Crippen LogP contribution < -0.4 is 19.9 Å². The summed E-state index contributed by atoms with van der Waals surface area (Å²) in [6.07, 6.45) is 0. The van der Waals surface area contributed by atoms with E-state index < -0.39 is 40.7 Å². The first kappa shape index (κ1) is 20.8. The fourth-order valence-electron chi connectivity index (χ4n) is 3.26. The summed E-state index contributed by atoms with van der Waals surface area (Å²) in [5.74, 6) is -10.7. The Kier molecular flexibility index (Phi) is 6.21. The Morgan fingerprint density at radius 3 is 2.14 bits per heavy atom. The van der Waals surface area contributed by atoms with Crippen LogP contribution in [0.25, 0.3) is 0 Å². The first-order valence-corrected chi connectivity index (χ1v) is 8.86. The van der Waals surface area contributed by atoms with Crippen LogP contribution in [-0.4, -0.2) is 45.7 Å². The molecule has 0 spiro atoms. The zero-order valence-corrected chi connectivity index (χ0v) is 15.5. The number of carbonyl (C=O) groups excluding carboxylic acids is 1. The van der Waals surface area contributed by atoms with E-state index in [0.717, 1.165) is 16.3 Å². The van der Waals surface area contributed by atoms with E-state index in [0.29, 0.717) is 26.2 Å². The minimum atomic E-state index is -2.27. The summed E-state index contributed by atoms with van der Waals surface area (Å²) in [6, 6.07) is 7.49. The Labute approximate surface area is 163 Å². The van der Waals surface area contributed by atoms with Gasteiger partial charge < -0.3 is 19.9 Å². The topological polar surface area (TPSA) is 46.0 Å². The number of piperazine rings is 1. The molecule has 29 heavy (non-hydrogen) atoms. The van der Waals surface area contributed by atoms with Crippen LogP contribution in [0.15, 0.2) is 24.3 Å². The van der Waals surface area contributed by atoms with Gasteiger partial charge in [-0.3, -0.25) is 4.79 Å². The third-order valence-corrected chi connectivity index (χ3v) is 4.78. The molecule has 2 aromatic rings. The average molecular weight is 416 g/mol. The normalized spacial score (nSPS) is 14.8. The van der Waals surface area contributed by atoms with Crippen molar-refractivity contribution in [1.82, 2.24) is 0 Å². The first-order valence-electron chi connectivity index (χ1n) is 8.86. The smallest absolute Gasteiger partial charge is 0.279 e. The number of ether oxygens (including phenoxy) is 1. The maximum absolute atomic E-state index is 13.7. The second-order valence-corrected chi connectivity index (χ2v) is 6.58. The molecule has 2 aromatic carbocycles. The van der Waals surface area contributed by atoms with Crippen molar-refractivity contribution in [2.75, 3.05) is 50.1 Å². The van der Waals surface area contributed by atoms with E-state index in [2.05, 4.69) is 4.90 Å². The van der Waals surface area contributed by atoms with Crippen LogP contribution in [0.5, 0.6) is 5.75 Å². The first-order chi connectivity index (χ1) is 13.8. The average Bonchev–Trinajstić information content (AvgIpc) is 2.74. The van der Waals surface area contributed by atoms with Crippen LogP contribution in [0.2, 0.25) is 0 Å². The van der Waals surface area contributed by atoms with E-state index in [1.165, 1.54) is 0 Å². The molecule has 0 saturated carbocycles. The number of methoxy groups -OCH3 is 1. The van der Waals surface area contributed by atoms with Crippen molar-refractivity contribution in [2.24, 2.45) is 0 Å². The SMILES string of the molecule is COc1ccccc1N1CC[NH+](CC(=O)Nc2c(F)c(F)c(F)c(F)c2F)CC1. The maximum Gasteiger partial charge on any atom is 0.279 e. The summed E-state index contributed by atoms with van der Waals surface area (Å²) in [5.41, 5.74) is -0.418. The Balaban J connectivity index is 1.61. The number of nitrogens with one attached hydrogen (secondary N) is 2. The predicted molar refractivity (Wildman–Crippen MR) is 95.6 cm³/mol. The molecule has 0 aromatic heterocycles. The molecule has 0 unspecified atom stereocenters. The minimum Gasteiger partial charge on any atom is -0.495 e. The number of amides is 1. The third kappa shape index (κ3) is 4.26. The standard InChI is InChI=1S/C19H18F5N3O2/c1-29-12-5-3-2-4-11(12)27-8-6-26(7-9-27)10-13(28)25-19-17(23)15(21)14(20)16(22)18(19)24/h2-5H,6-10H2,1H3,(H,25,28)/p+1. The number of halogens is 5. The van der Waals surface area contributed by atoms with Gasteiger partial charge in [0, 0.05) is 0 Å². The molecule has 0 aliphatic carbocycles. The molecule has 1 saturated heterocycles. The van der Waals surface area contributed by atoms with Crippen LogP contribution in [0, 0.1) is 29.1 Å². The highest BCUT2D eigenvalue weighted by molar-refractivity contribution is 5.91. The Bertz CT molecular complexity index is 888. The Morgan fingerprint density at radius 1 is 1.00 bits per heavy atom. The number of para-hydroxylation sites is 2. The molecule has 1 aliphatic heterocycles. The molecule has 5 nitrogen and oxygen atoms in total. The molecule has 3 rings (SSSR count). The van der Waals surface area contributed by atoms with Crippen molar-refractivity contribution in [3.8, 4) is 5.75 Å². The molecule has 0 bridgehead atoms. The number of rotatable bonds is 5. The van der Waals surface area contributed by atoms with Crippen LogP contribution in [-0.2, 0) is 4.79 Å². The van der Waals surface area contributed by atoms with Crippen LogP contribution in [0.3, 0.4) is 0 Å². The molecule has 1 aliphatic rings. The molecular weight excluding hydrogens is 397 g/mol. The van der Waals surface area contributed by atoms with Crippen molar-refractivity contribution in [1.29, 1.82) is 0 Å². The second-order valence-electron chi connectivity index (χ2n) is 6.58. The van der Waals surface area contributed by atoms with E-state index in [1.54, 1.807) is 12.4 Å². The third-order valence-electron chi connectivity index (χ3n) is 4.78. The number of nitrogens with zero attached hydrogens (tertiary/aromatic N) is 1. The molecule has 1 fully saturated rings. The molecule has 1 heterocycles. The molecule has 2 N–H and O–H groups in total. The summed E-state index contributed by atoms with van der Waals surface area (Å²) in [4.78, 5) is 15.0. The second kappa shape index (κ2) is 8.64. The number of quaternary nitrogens is 1. The van der Waals surface area contributed by atoms with Gasteiger partial charge in [0.25, 0.3) is 5.91 Å². The van der Waals surface area contributed by atoms with Gasteiger partial charge in [-0.15, -0.1) is 0 Å². The van der Waals surface area contributed by atoms with Crippen molar-refractivity contribution in [2.45, 2.75) is 0 Å². The van der Waals surface area contributed by atoms with Gasteiger partial charge in [-0.05, 0) is 12.1 Å². The van der Waals surface area contributed by atoms with E-state index in [9.17, 15) is 26.7 Å². The summed E-state index contributed by atoms with van der Waals surface area (Å²) in [6.45, 7) is 2.13. The highest BCUT2D eigenvalue weighted by Gasteiger charge is 2.29. The molecule has 0 atom stereocenters. The molecular formula is C19H19F5N3O2+. The quantitative estimate of drug-likeness (QED) is 0.444. The van der Waals surface area contributed by atoms with E-state index >= 15 is 0 Å². The lowest BCUT2D eigenvalue weighted by molar-refractivity contribution is -0.892. The maximum atomic E-state index is 13.7. The largest absolute Gasteiger partial charge is 0.495 e. The van der Waals surface area contributed by atoms with Crippen molar-refractivity contribution in [3.63, 3.8) is 0 Å². The van der Waals surface area contributed by atoms with Gasteiger partial charge in [0.2, 0.25) is 5.82 Å². The van der Waals surface area contributed by atoms with Crippen molar-refractivity contribution >= 4 is 17.3 Å². The van der Waals surface area contributed by atoms with Crippen LogP contribution >= 0.6 is 0 Å². The summed E-state index contributed by atoms with van der Waals surface area (Å²) < 4.78 is 72.3. The zero-order valence-electron chi connectivity index (χ0n) is 15.5. The summed E-state index contributed by atoms with van der Waals surface area (Å²) >= 11 is 0. The lowest BCUT2D eigenvalue weighted by Crippen LogP contribution is -3.15. The van der Waals surface area contributed by atoms with Crippen molar-refractivity contribution in [3.05, 3.63) is 53.4 Å². The lowest BCUT2D eigenvalue weighted by atomic mass is 10.2. The van der Waals surface area contributed by atoms with E-state index in [-0.39, 0.29) is 6.54 Å². The number of hydrogen-bond acceptors (Lipinski definition) is 3. The molecule has 1 amide bonds. The Hall–Kier alpha value is -2.88. The number of anilines is 2. The highest BCUT2D eigenvalue weighted by atomic mass is 19.2. The molecule has 156 valence electrons. The van der Waals surface area contributed by atoms with Gasteiger partial charge in [-0.2, -0.15) is 0 Å². The highest BCUT2D eigenvalue weighted by Crippen LogP contribution is 2.28. The van der Waals surface area contributed by atoms with Gasteiger partial charge in [0.15, 0.2) is 29.8 Å². The van der Waals surface area contributed by atoms with Gasteiger partial charge >= 0.3 is 0 Å². The molecule has 10 heteroatoms. The number of benzene rings is 2. The van der Waals surface area contributed by atoms with Gasteiger partial charge in [0.1, 0.15) is 11.4 Å². The predicted octanol–water partition coefficient (Wildman–Crippen LogP) is 1.73. The van der Waals surface area contributed by atoms with Crippen LogP contribution in [0.1, 0.15) is 0 Å². The Morgan fingerprint density at radius 2 is 1.55 bits per heavy atom. The fraction of sp³-hybridized carbons (Fsp3) is 0.316. The minimum absolute atomic E-state index is 0.167. The zero-order chi connectivity index (χ0) is 21.1.